The number of ketones is 1. The Morgan fingerprint density at radius 2 is 2.05 bits per heavy atom. The van der Waals surface area contributed by atoms with Gasteiger partial charge in [0.2, 0.25) is 0 Å². The number of Topliss-reactive ketones (excluding diaryl/α,β-unsaturated/α-hetero) is 1. The zero-order valence-corrected chi connectivity index (χ0v) is 11.4. The van der Waals surface area contributed by atoms with Crippen molar-refractivity contribution >= 4 is 11.5 Å². The van der Waals surface area contributed by atoms with E-state index >= 15 is 0 Å². The lowest BCUT2D eigenvalue weighted by molar-refractivity contribution is 0.0558. The molecule has 1 aromatic rings. The third kappa shape index (κ3) is 2.95. The number of hydrogen-bond acceptors (Lipinski definition) is 3. The Labute approximate surface area is 113 Å². The highest BCUT2D eigenvalue weighted by molar-refractivity contribution is 6.00. The van der Waals surface area contributed by atoms with Gasteiger partial charge >= 0.3 is 0 Å². The van der Waals surface area contributed by atoms with E-state index in [2.05, 4.69) is 0 Å². The van der Waals surface area contributed by atoms with Gasteiger partial charge in [0.25, 0.3) is 0 Å². The van der Waals surface area contributed by atoms with Crippen molar-refractivity contribution in [2.75, 3.05) is 18.5 Å². The van der Waals surface area contributed by atoms with E-state index in [4.69, 9.17) is 0 Å². The van der Waals surface area contributed by atoms with Gasteiger partial charge in [-0.05, 0) is 31.9 Å². The Kier molecular flexibility index (Phi) is 3.90. The predicted molar refractivity (Wildman–Crippen MR) is 73.1 cm³/mol. The summed E-state index contributed by atoms with van der Waals surface area (Å²) in [6, 6.07) is 4.60. The van der Waals surface area contributed by atoms with Crippen LogP contribution in [0.1, 0.15) is 43.0 Å². The third-order valence-corrected chi connectivity index (χ3v) is 3.82. The molecule has 0 heterocycles. The van der Waals surface area contributed by atoms with Crippen LogP contribution in [-0.2, 0) is 0 Å². The summed E-state index contributed by atoms with van der Waals surface area (Å²) in [4.78, 5) is 13.4. The van der Waals surface area contributed by atoms with Crippen LogP contribution in [0.3, 0.4) is 0 Å². The first kappa shape index (κ1) is 14.0. The molecule has 1 aliphatic rings. The van der Waals surface area contributed by atoms with Crippen molar-refractivity contribution in [3.05, 3.63) is 29.6 Å². The average Bonchev–Trinajstić information content (AvgIpc) is 2.74. The van der Waals surface area contributed by atoms with E-state index < -0.39 is 11.4 Å². The SMILES string of the molecule is CC(=O)c1c(F)cccc1N(C)CC1(O)CCCC1. The van der Waals surface area contributed by atoms with Crippen LogP contribution in [0.25, 0.3) is 0 Å². The normalized spacial score (nSPS) is 17.5. The first-order chi connectivity index (χ1) is 8.93. The zero-order chi connectivity index (χ0) is 14.0. The Morgan fingerprint density at radius 3 is 2.63 bits per heavy atom. The number of likely N-dealkylation sites (N-methyl/N-ethyl adjacent to an activating group) is 1. The van der Waals surface area contributed by atoms with Crippen molar-refractivity contribution < 1.29 is 14.3 Å². The molecule has 1 aliphatic carbocycles. The van der Waals surface area contributed by atoms with Gasteiger partial charge in [-0.2, -0.15) is 0 Å². The van der Waals surface area contributed by atoms with Gasteiger partial charge in [-0.1, -0.05) is 18.9 Å². The van der Waals surface area contributed by atoms with Crippen LogP contribution in [0.4, 0.5) is 10.1 Å². The summed E-state index contributed by atoms with van der Waals surface area (Å²) < 4.78 is 13.8. The maximum atomic E-state index is 13.8. The highest BCUT2D eigenvalue weighted by Crippen LogP contribution is 2.32. The standard InChI is InChI=1S/C15H20FNO2/c1-11(18)14-12(16)6-5-7-13(14)17(2)10-15(19)8-3-4-9-15/h5-7,19H,3-4,8-10H2,1-2H3. The summed E-state index contributed by atoms with van der Waals surface area (Å²) in [5, 5.41) is 10.4. The molecular weight excluding hydrogens is 245 g/mol. The monoisotopic (exact) mass is 265 g/mol. The lowest BCUT2D eigenvalue weighted by Gasteiger charge is -2.31. The summed E-state index contributed by atoms with van der Waals surface area (Å²) in [6.45, 7) is 1.79. The van der Waals surface area contributed by atoms with E-state index in [0.717, 1.165) is 25.7 Å². The maximum Gasteiger partial charge on any atom is 0.164 e. The van der Waals surface area contributed by atoms with Crippen LogP contribution in [0.15, 0.2) is 18.2 Å². The molecule has 0 unspecified atom stereocenters. The molecule has 1 N–H and O–H groups in total. The molecule has 1 aromatic carbocycles. The number of halogens is 1. The van der Waals surface area contributed by atoms with Crippen molar-refractivity contribution in [3.63, 3.8) is 0 Å². The fraction of sp³-hybridized carbons (Fsp3) is 0.533. The summed E-state index contributed by atoms with van der Waals surface area (Å²) in [7, 11) is 1.79. The molecular formula is C15H20FNO2. The number of benzene rings is 1. The van der Waals surface area contributed by atoms with Crippen LogP contribution in [0.2, 0.25) is 0 Å². The lowest BCUT2D eigenvalue weighted by atomic mass is 10.0. The third-order valence-electron chi connectivity index (χ3n) is 3.82. The van der Waals surface area contributed by atoms with Crippen LogP contribution < -0.4 is 4.90 Å². The second-order valence-corrected chi connectivity index (χ2v) is 5.48. The van der Waals surface area contributed by atoms with E-state index in [-0.39, 0.29) is 11.3 Å². The molecule has 4 heteroatoms. The number of carbonyl (C=O) groups excluding carboxylic acids is 1. The number of carbonyl (C=O) groups is 1. The number of hydrogen-bond donors (Lipinski definition) is 1. The number of nitrogens with zero attached hydrogens (tertiary/aromatic N) is 1. The first-order valence-corrected chi connectivity index (χ1v) is 6.66. The quantitative estimate of drug-likeness (QED) is 0.851. The highest BCUT2D eigenvalue weighted by atomic mass is 19.1. The van der Waals surface area contributed by atoms with Gasteiger partial charge in [-0.25, -0.2) is 4.39 Å². The van der Waals surface area contributed by atoms with E-state index in [1.807, 2.05) is 0 Å². The molecule has 0 saturated heterocycles. The Hall–Kier alpha value is -1.42. The van der Waals surface area contributed by atoms with Gasteiger partial charge in [-0.15, -0.1) is 0 Å². The van der Waals surface area contributed by atoms with E-state index in [1.165, 1.54) is 13.0 Å². The predicted octanol–water partition coefficient (Wildman–Crippen LogP) is 2.77. The smallest absolute Gasteiger partial charge is 0.164 e. The van der Waals surface area contributed by atoms with Crippen molar-refractivity contribution in [2.24, 2.45) is 0 Å². The number of aliphatic hydroxyl groups is 1. The highest BCUT2D eigenvalue weighted by Gasteiger charge is 2.33. The molecule has 0 spiro atoms. The van der Waals surface area contributed by atoms with E-state index in [1.54, 1.807) is 24.1 Å². The fourth-order valence-corrected chi connectivity index (χ4v) is 2.90. The van der Waals surface area contributed by atoms with Crippen LogP contribution in [0, 0.1) is 5.82 Å². The molecule has 1 saturated carbocycles. The number of anilines is 1. The molecule has 3 nitrogen and oxygen atoms in total. The van der Waals surface area contributed by atoms with E-state index in [0.29, 0.717) is 12.2 Å². The molecule has 0 radical (unpaired) electrons. The first-order valence-electron chi connectivity index (χ1n) is 6.66. The molecule has 0 amide bonds. The van der Waals surface area contributed by atoms with Gasteiger partial charge in [0.05, 0.1) is 16.9 Å². The second kappa shape index (κ2) is 5.29. The van der Waals surface area contributed by atoms with Gasteiger partial charge in [0.15, 0.2) is 5.78 Å². The molecule has 0 aromatic heterocycles. The fourth-order valence-electron chi connectivity index (χ4n) is 2.90. The van der Waals surface area contributed by atoms with Crippen LogP contribution >= 0.6 is 0 Å². The summed E-state index contributed by atoms with van der Waals surface area (Å²) in [5.41, 5.74) is -0.0609. The van der Waals surface area contributed by atoms with Gasteiger partial charge in [-0.3, -0.25) is 4.79 Å². The van der Waals surface area contributed by atoms with E-state index in [9.17, 15) is 14.3 Å². The second-order valence-electron chi connectivity index (χ2n) is 5.48. The summed E-state index contributed by atoms with van der Waals surface area (Å²) in [5.74, 6) is -0.798. The maximum absolute atomic E-state index is 13.8. The molecule has 19 heavy (non-hydrogen) atoms. The van der Waals surface area contributed by atoms with Gasteiger partial charge in [0.1, 0.15) is 5.82 Å². The van der Waals surface area contributed by atoms with Gasteiger partial charge in [0, 0.05) is 13.6 Å². The Morgan fingerprint density at radius 1 is 1.42 bits per heavy atom. The zero-order valence-electron chi connectivity index (χ0n) is 11.4. The molecule has 104 valence electrons. The summed E-state index contributed by atoms with van der Waals surface area (Å²) in [6.07, 6.45) is 3.57. The van der Waals surface area contributed by atoms with Crippen LogP contribution in [-0.4, -0.2) is 30.1 Å². The minimum absolute atomic E-state index is 0.103. The number of rotatable bonds is 4. The molecule has 0 atom stereocenters. The van der Waals surface area contributed by atoms with Crippen LogP contribution in [0.5, 0.6) is 0 Å². The minimum atomic E-state index is -0.713. The average molecular weight is 265 g/mol. The largest absolute Gasteiger partial charge is 0.388 e. The molecule has 0 bridgehead atoms. The lowest BCUT2D eigenvalue weighted by Crippen LogP contribution is -2.39. The Bertz CT molecular complexity index is 481. The van der Waals surface area contributed by atoms with Gasteiger partial charge < -0.3 is 10.0 Å². The topological polar surface area (TPSA) is 40.5 Å². The molecule has 0 aliphatic heterocycles. The summed E-state index contributed by atoms with van der Waals surface area (Å²) >= 11 is 0. The Balaban J connectivity index is 2.26. The van der Waals surface area contributed by atoms with Crippen molar-refractivity contribution in [1.82, 2.24) is 0 Å². The molecule has 2 rings (SSSR count). The molecule has 1 fully saturated rings. The minimum Gasteiger partial charge on any atom is -0.388 e. The van der Waals surface area contributed by atoms with Crippen molar-refractivity contribution in [3.8, 4) is 0 Å². The van der Waals surface area contributed by atoms with Crippen molar-refractivity contribution in [1.29, 1.82) is 0 Å². The van der Waals surface area contributed by atoms with Crippen molar-refractivity contribution in [2.45, 2.75) is 38.2 Å².